The summed E-state index contributed by atoms with van der Waals surface area (Å²) in [5.41, 5.74) is 2.66. The van der Waals surface area contributed by atoms with Gasteiger partial charge in [-0.3, -0.25) is 4.90 Å². The second kappa shape index (κ2) is 4.76. The van der Waals surface area contributed by atoms with E-state index >= 15 is 0 Å². The van der Waals surface area contributed by atoms with Crippen molar-refractivity contribution in [2.24, 2.45) is 0 Å². The van der Waals surface area contributed by atoms with Gasteiger partial charge in [0.1, 0.15) is 5.82 Å². The van der Waals surface area contributed by atoms with Crippen molar-refractivity contribution in [1.29, 1.82) is 0 Å². The first-order chi connectivity index (χ1) is 7.74. The minimum absolute atomic E-state index is 0.129. The Morgan fingerprint density at radius 2 is 2.31 bits per heavy atom. The molecule has 2 nitrogen and oxygen atoms in total. The van der Waals surface area contributed by atoms with Crippen LogP contribution in [0.15, 0.2) is 18.7 Å². The van der Waals surface area contributed by atoms with Gasteiger partial charge < -0.3 is 5.11 Å². The van der Waals surface area contributed by atoms with Crippen molar-refractivity contribution in [3.8, 4) is 0 Å². The summed E-state index contributed by atoms with van der Waals surface area (Å²) >= 11 is 0. The Balaban J connectivity index is 2.29. The molecule has 0 amide bonds. The standard InChI is InChI=1S/C13H16FNO/c1-2-10-7-11-9-15(5-6-16)4-3-12(11)13(14)8-10/h2,7-8,16H,1,3-6,9H2. The van der Waals surface area contributed by atoms with Crippen LogP contribution >= 0.6 is 0 Å². The molecule has 0 saturated heterocycles. The maximum atomic E-state index is 13.7. The van der Waals surface area contributed by atoms with Crippen LogP contribution in [-0.2, 0) is 13.0 Å². The van der Waals surface area contributed by atoms with Crippen molar-refractivity contribution in [3.63, 3.8) is 0 Å². The van der Waals surface area contributed by atoms with Gasteiger partial charge >= 0.3 is 0 Å². The van der Waals surface area contributed by atoms with E-state index in [0.717, 1.165) is 29.7 Å². The van der Waals surface area contributed by atoms with Gasteiger partial charge in [-0.05, 0) is 35.2 Å². The fourth-order valence-corrected chi connectivity index (χ4v) is 2.18. The van der Waals surface area contributed by atoms with E-state index in [9.17, 15) is 4.39 Å². The summed E-state index contributed by atoms with van der Waals surface area (Å²) in [6.07, 6.45) is 2.38. The molecule has 3 heteroatoms. The number of aliphatic hydroxyl groups is 1. The second-order valence-electron chi connectivity index (χ2n) is 4.09. The Kier molecular flexibility index (Phi) is 3.36. The number of fused-ring (bicyclic) bond motifs is 1. The second-order valence-corrected chi connectivity index (χ2v) is 4.09. The van der Waals surface area contributed by atoms with E-state index in [-0.39, 0.29) is 12.4 Å². The topological polar surface area (TPSA) is 23.5 Å². The summed E-state index contributed by atoms with van der Waals surface area (Å²) < 4.78 is 13.7. The summed E-state index contributed by atoms with van der Waals surface area (Å²) in [5.74, 6) is -0.129. The molecule has 1 aliphatic rings. The highest BCUT2D eigenvalue weighted by Gasteiger charge is 2.19. The average Bonchev–Trinajstić information content (AvgIpc) is 2.29. The number of nitrogens with zero attached hydrogens (tertiary/aromatic N) is 1. The Bertz CT molecular complexity index is 403. The number of β-amino-alcohol motifs (C(OH)–C–C–N with tert-alkyl or cyclic N) is 1. The molecule has 0 spiro atoms. The highest BCUT2D eigenvalue weighted by atomic mass is 19.1. The molecule has 1 aromatic rings. The van der Waals surface area contributed by atoms with E-state index in [2.05, 4.69) is 11.5 Å². The molecular weight excluding hydrogens is 205 g/mol. The monoisotopic (exact) mass is 221 g/mol. The molecule has 0 bridgehead atoms. The van der Waals surface area contributed by atoms with E-state index in [0.29, 0.717) is 13.1 Å². The van der Waals surface area contributed by atoms with Gasteiger partial charge in [0.05, 0.1) is 6.61 Å². The largest absolute Gasteiger partial charge is 0.395 e. The Labute approximate surface area is 95.0 Å². The van der Waals surface area contributed by atoms with Gasteiger partial charge in [0.25, 0.3) is 0 Å². The average molecular weight is 221 g/mol. The molecule has 0 fully saturated rings. The number of hydrogen-bond acceptors (Lipinski definition) is 2. The van der Waals surface area contributed by atoms with Crippen LogP contribution in [0.3, 0.4) is 0 Å². The van der Waals surface area contributed by atoms with Crippen molar-refractivity contribution in [1.82, 2.24) is 4.90 Å². The number of benzene rings is 1. The first-order valence-electron chi connectivity index (χ1n) is 5.51. The van der Waals surface area contributed by atoms with E-state index in [1.165, 1.54) is 6.07 Å². The molecule has 0 saturated carbocycles. The maximum Gasteiger partial charge on any atom is 0.127 e. The molecule has 16 heavy (non-hydrogen) atoms. The van der Waals surface area contributed by atoms with Crippen molar-refractivity contribution < 1.29 is 9.50 Å². The molecule has 0 radical (unpaired) electrons. The van der Waals surface area contributed by atoms with Crippen LogP contribution in [0.25, 0.3) is 6.08 Å². The zero-order chi connectivity index (χ0) is 11.5. The summed E-state index contributed by atoms with van der Waals surface area (Å²) in [6.45, 7) is 5.99. The first kappa shape index (κ1) is 11.3. The Morgan fingerprint density at radius 3 is 3.00 bits per heavy atom. The lowest BCUT2D eigenvalue weighted by atomic mass is 9.96. The van der Waals surface area contributed by atoms with Gasteiger partial charge in [-0.25, -0.2) is 4.39 Å². The van der Waals surface area contributed by atoms with Gasteiger partial charge in [-0.15, -0.1) is 0 Å². The number of rotatable bonds is 3. The molecule has 1 heterocycles. The highest BCUT2D eigenvalue weighted by molar-refractivity contribution is 5.51. The van der Waals surface area contributed by atoms with Gasteiger partial charge in [0.15, 0.2) is 0 Å². The molecular formula is C13H16FNO. The van der Waals surface area contributed by atoms with Gasteiger partial charge in [0.2, 0.25) is 0 Å². The van der Waals surface area contributed by atoms with Crippen LogP contribution in [0.5, 0.6) is 0 Å². The van der Waals surface area contributed by atoms with E-state index in [1.54, 1.807) is 6.08 Å². The zero-order valence-corrected chi connectivity index (χ0v) is 9.25. The molecule has 86 valence electrons. The summed E-state index contributed by atoms with van der Waals surface area (Å²) in [7, 11) is 0. The zero-order valence-electron chi connectivity index (χ0n) is 9.25. The molecule has 1 aromatic carbocycles. The lowest BCUT2D eigenvalue weighted by Gasteiger charge is -2.28. The van der Waals surface area contributed by atoms with Crippen LogP contribution in [0.4, 0.5) is 4.39 Å². The van der Waals surface area contributed by atoms with Crippen molar-refractivity contribution >= 4 is 6.08 Å². The lowest BCUT2D eigenvalue weighted by molar-refractivity contribution is 0.183. The lowest BCUT2D eigenvalue weighted by Crippen LogP contribution is -2.33. The van der Waals surface area contributed by atoms with Crippen LogP contribution in [-0.4, -0.2) is 29.7 Å². The summed E-state index contributed by atoms with van der Waals surface area (Å²) in [4.78, 5) is 2.13. The van der Waals surface area contributed by atoms with Crippen molar-refractivity contribution in [3.05, 3.63) is 41.2 Å². The van der Waals surface area contributed by atoms with Crippen LogP contribution < -0.4 is 0 Å². The number of halogens is 1. The number of hydrogen-bond donors (Lipinski definition) is 1. The van der Waals surface area contributed by atoms with Gasteiger partial charge in [-0.2, -0.15) is 0 Å². The van der Waals surface area contributed by atoms with Crippen molar-refractivity contribution in [2.45, 2.75) is 13.0 Å². The van der Waals surface area contributed by atoms with E-state index in [4.69, 9.17) is 5.11 Å². The minimum atomic E-state index is -0.129. The molecule has 0 aliphatic carbocycles. The predicted molar refractivity (Wildman–Crippen MR) is 62.6 cm³/mol. The predicted octanol–water partition coefficient (Wildman–Crippen LogP) is 1.82. The van der Waals surface area contributed by atoms with Crippen LogP contribution in [0.1, 0.15) is 16.7 Å². The molecule has 2 rings (SSSR count). The fourth-order valence-electron chi connectivity index (χ4n) is 2.18. The molecule has 1 N–H and O–H groups in total. The van der Waals surface area contributed by atoms with E-state index < -0.39 is 0 Å². The molecule has 0 atom stereocenters. The maximum absolute atomic E-state index is 13.7. The Morgan fingerprint density at radius 1 is 1.50 bits per heavy atom. The van der Waals surface area contributed by atoms with E-state index in [1.807, 2.05) is 6.07 Å². The quantitative estimate of drug-likeness (QED) is 0.841. The van der Waals surface area contributed by atoms with Crippen LogP contribution in [0, 0.1) is 5.82 Å². The molecule has 1 aliphatic heterocycles. The van der Waals surface area contributed by atoms with Gasteiger partial charge in [0, 0.05) is 19.6 Å². The third-order valence-electron chi connectivity index (χ3n) is 3.03. The Hall–Kier alpha value is -1.19. The van der Waals surface area contributed by atoms with Crippen LogP contribution in [0.2, 0.25) is 0 Å². The SMILES string of the molecule is C=Cc1cc(F)c2c(c1)CN(CCO)CC2. The summed E-state index contributed by atoms with van der Waals surface area (Å²) in [5, 5.41) is 8.89. The first-order valence-corrected chi connectivity index (χ1v) is 5.51. The highest BCUT2D eigenvalue weighted by Crippen LogP contribution is 2.23. The number of aliphatic hydroxyl groups excluding tert-OH is 1. The summed E-state index contributed by atoms with van der Waals surface area (Å²) in [6, 6.07) is 3.52. The molecule has 0 aromatic heterocycles. The third-order valence-corrected chi connectivity index (χ3v) is 3.03. The molecule has 0 unspecified atom stereocenters. The minimum Gasteiger partial charge on any atom is -0.395 e. The van der Waals surface area contributed by atoms with Crippen molar-refractivity contribution in [2.75, 3.05) is 19.7 Å². The fraction of sp³-hybridized carbons (Fsp3) is 0.385. The van der Waals surface area contributed by atoms with Gasteiger partial charge in [-0.1, -0.05) is 12.7 Å². The third kappa shape index (κ3) is 2.15. The normalized spacial score (nSPS) is 15.9. The smallest absolute Gasteiger partial charge is 0.127 e.